The Morgan fingerprint density at radius 2 is 1.38 bits per heavy atom. The molecule has 0 spiro atoms. The molecule has 1 radical (unpaired) electrons. The number of nitrogens with one attached hydrogen (secondary N) is 1. The Bertz CT molecular complexity index is 179. The molecule has 2 fully saturated rings. The fourth-order valence-electron chi connectivity index (χ4n) is 3.02. The van der Waals surface area contributed by atoms with Gasteiger partial charge in [-0.1, -0.05) is 30.9 Å². The van der Waals surface area contributed by atoms with Gasteiger partial charge in [0.25, 0.3) is 0 Å². The second-order valence-electron chi connectivity index (χ2n) is 5.29. The molecule has 1 atom stereocenters. The van der Waals surface area contributed by atoms with Crippen molar-refractivity contribution in [2.75, 3.05) is 0 Å². The Morgan fingerprint density at radius 1 is 0.875 bits per heavy atom. The van der Waals surface area contributed by atoms with Gasteiger partial charge >= 0.3 is 0 Å². The average molecular weight is 227 g/mol. The quantitative estimate of drug-likeness (QED) is 0.744. The smallest absolute Gasteiger partial charge is 0.107 e. The maximum atomic E-state index is 12.0. The fraction of sp³-hybridized carbons (Fsp3) is 1.00. The summed E-state index contributed by atoms with van der Waals surface area (Å²) in [6.45, 7) is 0. The number of nitrogens with zero attached hydrogens (tertiary/aromatic N) is 1. The SMILES string of the molecule is [O]N(C1CCCCC1)[NH+]([O-])C1CCCCC1. The van der Waals surface area contributed by atoms with Gasteiger partial charge in [0.2, 0.25) is 0 Å². The Kier molecular flexibility index (Phi) is 4.58. The summed E-state index contributed by atoms with van der Waals surface area (Å²) in [5, 5.41) is 24.7. The van der Waals surface area contributed by atoms with Crippen LogP contribution in [0.5, 0.6) is 0 Å². The van der Waals surface area contributed by atoms with Gasteiger partial charge in [-0.15, -0.1) is 0 Å². The van der Waals surface area contributed by atoms with Crippen molar-refractivity contribution in [3.63, 3.8) is 0 Å². The van der Waals surface area contributed by atoms with E-state index in [1.807, 2.05) is 0 Å². The molecule has 93 valence electrons. The van der Waals surface area contributed by atoms with Crippen molar-refractivity contribution in [2.24, 2.45) is 0 Å². The first-order chi connectivity index (χ1) is 7.79. The van der Waals surface area contributed by atoms with E-state index in [1.54, 1.807) is 0 Å². The molecule has 1 unspecified atom stereocenters. The zero-order valence-corrected chi connectivity index (χ0v) is 9.99. The van der Waals surface area contributed by atoms with Gasteiger partial charge < -0.3 is 5.21 Å². The summed E-state index contributed by atoms with van der Waals surface area (Å²) in [5.41, 5.74) is 0. The molecule has 0 aromatic heterocycles. The summed E-state index contributed by atoms with van der Waals surface area (Å²) in [7, 11) is 0. The minimum atomic E-state index is -0.119. The van der Waals surface area contributed by atoms with Crippen LogP contribution in [0, 0.1) is 5.21 Å². The third kappa shape index (κ3) is 2.94. The Balaban J connectivity index is 1.84. The van der Waals surface area contributed by atoms with Gasteiger partial charge in [-0.05, 0) is 25.7 Å². The molecule has 0 heterocycles. The summed E-state index contributed by atoms with van der Waals surface area (Å²) in [5.74, 6) is 0. The Morgan fingerprint density at radius 3 is 1.94 bits per heavy atom. The van der Waals surface area contributed by atoms with E-state index in [4.69, 9.17) is 0 Å². The highest BCUT2D eigenvalue weighted by Crippen LogP contribution is 2.21. The molecule has 4 nitrogen and oxygen atoms in total. The van der Waals surface area contributed by atoms with Gasteiger partial charge in [0.1, 0.15) is 6.04 Å². The van der Waals surface area contributed by atoms with Crippen molar-refractivity contribution in [3.8, 4) is 0 Å². The lowest BCUT2D eigenvalue weighted by atomic mass is 9.94. The molecule has 16 heavy (non-hydrogen) atoms. The van der Waals surface area contributed by atoms with E-state index in [-0.39, 0.29) is 17.3 Å². The maximum absolute atomic E-state index is 12.0. The highest BCUT2D eigenvalue weighted by molar-refractivity contribution is 4.69. The molecule has 0 bridgehead atoms. The molecule has 0 aromatic carbocycles. The molecule has 2 aliphatic rings. The van der Waals surface area contributed by atoms with Crippen LogP contribution in [0.3, 0.4) is 0 Å². The van der Waals surface area contributed by atoms with Crippen molar-refractivity contribution in [2.45, 2.75) is 76.3 Å². The highest BCUT2D eigenvalue weighted by atomic mass is 16.7. The molecule has 0 amide bonds. The van der Waals surface area contributed by atoms with E-state index in [1.165, 1.54) is 12.8 Å². The van der Waals surface area contributed by atoms with Crippen LogP contribution in [-0.4, -0.2) is 17.3 Å². The van der Waals surface area contributed by atoms with Gasteiger partial charge in [-0.2, -0.15) is 0 Å². The normalized spacial score (nSPS) is 27.2. The van der Waals surface area contributed by atoms with Crippen LogP contribution in [0.1, 0.15) is 64.2 Å². The van der Waals surface area contributed by atoms with Crippen molar-refractivity contribution in [1.82, 2.24) is 5.17 Å². The lowest BCUT2D eigenvalue weighted by Crippen LogP contribution is -3.17. The van der Waals surface area contributed by atoms with Crippen LogP contribution in [0.25, 0.3) is 0 Å². The fourth-order valence-corrected chi connectivity index (χ4v) is 3.02. The standard InChI is InChI=1S/C12H23N2O2/c15-13(11-7-3-1-4-8-11)14(16)12-9-5-2-6-10-12/h11-13H,1-10H2. The molecular weight excluding hydrogens is 204 g/mol. The zero-order chi connectivity index (χ0) is 11.4. The van der Waals surface area contributed by atoms with Gasteiger partial charge in [0, 0.05) is 18.0 Å². The minimum Gasteiger partial charge on any atom is -0.611 e. The lowest BCUT2D eigenvalue weighted by Gasteiger charge is -2.39. The molecule has 2 aliphatic carbocycles. The van der Waals surface area contributed by atoms with E-state index >= 15 is 0 Å². The molecular formula is C12H23N2O2. The van der Waals surface area contributed by atoms with Crippen molar-refractivity contribution < 1.29 is 10.4 Å². The van der Waals surface area contributed by atoms with E-state index in [2.05, 4.69) is 0 Å². The van der Waals surface area contributed by atoms with Crippen LogP contribution >= 0.6 is 0 Å². The second-order valence-corrected chi connectivity index (χ2v) is 5.29. The highest BCUT2D eigenvalue weighted by Gasteiger charge is 2.30. The summed E-state index contributed by atoms with van der Waals surface area (Å²) in [6, 6.07) is 0.0244. The van der Waals surface area contributed by atoms with Crippen LogP contribution in [0.4, 0.5) is 0 Å². The molecule has 2 saturated carbocycles. The third-order valence-electron chi connectivity index (χ3n) is 4.08. The number of hydrogen-bond acceptors (Lipinski definition) is 2. The summed E-state index contributed by atoms with van der Waals surface area (Å²) in [4.78, 5) is 0. The monoisotopic (exact) mass is 227 g/mol. The predicted molar refractivity (Wildman–Crippen MR) is 60.6 cm³/mol. The van der Waals surface area contributed by atoms with Gasteiger partial charge in [0.05, 0.1) is 6.04 Å². The first-order valence-electron chi connectivity index (χ1n) is 6.79. The first-order valence-corrected chi connectivity index (χ1v) is 6.79. The lowest BCUT2D eigenvalue weighted by molar-refractivity contribution is -1.05. The van der Waals surface area contributed by atoms with Crippen LogP contribution in [-0.2, 0) is 5.21 Å². The molecule has 1 N–H and O–H groups in total. The molecule has 2 rings (SSSR count). The number of hydroxylamine groups is 2. The summed E-state index contributed by atoms with van der Waals surface area (Å²) < 4.78 is 0. The number of quaternary nitrogens is 1. The Labute approximate surface area is 97.7 Å². The molecule has 0 aliphatic heterocycles. The van der Waals surface area contributed by atoms with Gasteiger partial charge in [-0.25, -0.2) is 0 Å². The van der Waals surface area contributed by atoms with Gasteiger partial charge in [-0.3, -0.25) is 5.17 Å². The van der Waals surface area contributed by atoms with Crippen molar-refractivity contribution in [3.05, 3.63) is 5.21 Å². The van der Waals surface area contributed by atoms with E-state index in [9.17, 15) is 10.4 Å². The van der Waals surface area contributed by atoms with Crippen molar-refractivity contribution >= 4 is 0 Å². The number of rotatable bonds is 3. The third-order valence-corrected chi connectivity index (χ3v) is 4.08. The first kappa shape index (κ1) is 12.3. The minimum absolute atomic E-state index is 0.0109. The Hall–Kier alpha value is -0.160. The largest absolute Gasteiger partial charge is 0.611 e. The maximum Gasteiger partial charge on any atom is 0.107 e. The van der Waals surface area contributed by atoms with E-state index < -0.39 is 0 Å². The topological polar surface area (TPSA) is 50.6 Å². The zero-order valence-electron chi connectivity index (χ0n) is 9.99. The number of hydrogen-bond donors (Lipinski definition) is 1. The van der Waals surface area contributed by atoms with E-state index in [0.717, 1.165) is 56.5 Å². The molecule has 4 heteroatoms. The predicted octanol–water partition coefficient (Wildman–Crippen LogP) is 1.60. The average Bonchev–Trinajstić information content (AvgIpc) is 2.39. The summed E-state index contributed by atoms with van der Waals surface area (Å²) in [6.07, 6.45) is 10.6. The van der Waals surface area contributed by atoms with Crippen LogP contribution < -0.4 is 5.17 Å². The van der Waals surface area contributed by atoms with Crippen molar-refractivity contribution in [1.29, 1.82) is 0 Å². The van der Waals surface area contributed by atoms with Crippen LogP contribution in [0.2, 0.25) is 0 Å². The summed E-state index contributed by atoms with van der Waals surface area (Å²) >= 11 is 0. The van der Waals surface area contributed by atoms with Crippen LogP contribution in [0.15, 0.2) is 0 Å². The van der Waals surface area contributed by atoms with E-state index in [0.29, 0.717) is 0 Å². The van der Waals surface area contributed by atoms with Gasteiger partial charge in [0.15, 0.2) is 0 Å². The molecule has 0 saturated heterocycles. The molecule has 0 aromatic rings. The second kappa shape index (κ2) is 5.96.